The van der Waals surface area contributed by atoms with E-state index in [1.165, 1.54) is 12.0 Å². The standard InChI is InChI=1S/C17H24N2O2/c1-11-5-12(2)7-15(6-11)10-18-16-8-14(4)17(19(20)21)9-13(16)3/h5,8-9,11,15,18H,6-7,10H2,1-4H3. The van der Waals surface area contributed by atoms with Crippen LogP contribution in [0.2, 0.25) is 0 Å². The number of allylic oxidation sites excluding steroid dienone is 2. The zero-order valence-electron chi connectivity index (χ0n) is 13.3. The monoisotopic (exact) mass is 288 g/mol. The molecule has 1 aliphatic carbocycles. The van der Waals surface area contributed by atoms with Crippen LogP contribution in [0.4, 0.5) is 11.4 Å². The molecule has 1 aliphatic rings. The second-order valence-corrected chi connectivity index (χ2v) is 6.39. The van der Waals surface area contributed by atoms with Crippen molar-refractivity contribution in [1.82, 2.24) is 0 Å². The Kier molecular flexibility index (Phi) is 4.66. The summed E-state index contributed by atoms with van der Waals surface area (Å²) in [7, 11) is 0. The van der Waals surface area contributed by atoms with Crippen molar-refractivity contribution < 1.29 is 4.92 Å². The van der Waals surface area contributed by atoms with Crippen molar-refractivity contribution in [2.75, 3.05) is 11.9 Å². The lowest BCUT2D eigenvalue weighted by molar-refractivity contribution is -0.385. The normalized spacial score (nSPS) is 21.8. The minimum absolute atomic E-state index is 0.197. The Morgan fingerprint density at radius 2 is 2.00 bits per heavy atom. The molecule has 2 unspecified atom stereocenters. The smallest absolute Gasteiger partial charge is 0.272 e. The lowest BCUT2D eigenvalue weighted by Gasteiger charge is -2.26. The van der Waals surface area contributed by atoms with Crippen LogP contribution in [-0.2, 0) is 0 Å². The van der Waals surface area contributed by atoms with Gasteiger partial charge in [-0.25, -0.2) is 0 Å². The summed E-state index contributed by atoms with van der Waals surface area (Å²) in [6, 6.07) is 3.55. The minimum atomic E-state index is -0.316. The summed E-state index contributed by atoms with van der Waals surface area (Å²) in [5.74, 6) is 1.28. The maximum absolute atomic E-state index is 10.9. The second kappa shape index (κ2) is 6.29. The van der Waals surface area contributed by atoms with Gasteiger partial charge in [0.15, 0.2) is 0 Å². The molecule has 1 aromatic rings. The molecule has 0 amide bonds. The first-order chi connectivity index (χ1) is 9.86. The molecule has 4 heteroatoms. The van der Waals surface area contributed by atoms with Gasteiger partial charge in [0.2, 0.25) is 0 Å². The highest BCUT2D eigenvalue weighted by Gasteiger charge is 2.19. The second-order valence-electron chi connectivity index (χ2n) is 6.39. The lowest BCUT2D eigenvalue weighted by Crippen LogP contribution is -2.20. The molecule has 2 atom stereocenters. The molecule has 114 valence electrons. The molecule has 0 heterocycles. The van der Waals surface area contributed by atoms with Gasteiger partial charge >= 0.3 is 0 Å². The van der Waals surface area contributed by atoms with Gasteiger partial charge in [-0.05, 0) is 57.1 Å². The van der Waals surface area contributed by atoms with E-state index in [9.17, 15) is 10.1 Å². The minimum Gasteiger partial charge on any atom is -0.385 e. The van der Waals surface area contributed by atoms with Crippen molar-refractivity contribution in [3.05, 3.63) is 45.0 Å². The molecule has 1 aromatic carbocycles. The van der Waals surface area contributed by atoms with Crippen LogP contribution in [0.1, 0.15) is 37.8 Å². The number of aryl methyl sites for hydroxylation is 2. The van der Waals surface area contributed by atoms with Crippen molar-refractivity contribution in [2.24, 2.45) is 11.8 Å². The number of nitro groups is 1. The van der Waals surface area contributed by atoms with Gasteiger partial charge in [0, 0.05) is 23.9 Å². The Bertz CT molecular complexity index is 578. The lowest BCUT2D eigenvalue weighted by atomic mass is 9.83. The Morgan fingerprint density at radius 1 is 1.29 bits per heavy atom. The number of anilines is 1. The molecule has 0 saturated carbocycles. The summed E-state index contributed by atoms with van der Waals surface area (Å²) >= 11 is 0. The largest absolute Gasteiger partial charge is 0.385 e. The van der Waals surface area contributed by atoms with Crippen molar-refractivity contribution in [2.45, 2.75) is 40.5 Å². The van der Waals surface area contributed by atoms with Crippen LogP contribution in [-0.4, -0.2) is 11.5 Å². The van der Waals surface area contributed by atoms with E-state index >= 15 is 0 Å². The summed E-state index contributed by atoms with van der Waals surface area (Å²) in [6.45, 7) is 9.09. The van der Waals surface area contributed by atoms with E-state index in [1.54, 1.807) is 13.0 Å². The van der Waals surface area contributed by atoms with Crippen LogP contribution in [0.3, 0.4) is 0 Å². The Balaban J connectivity index is 2.06. The Morgan fingerprint density at radius 3 is 2.62 bits per heavy atom. The number of hydrogen-bond donors (Lipinski definition) is 1. The van der Waals surface area contributed by atoms with Gasteiger partial charge in [0.25, 0.3) is 5.69 Å². The van der Waals surface area contributed by atoms with Gasteiger partial charge in [-0.15, -0.1) is 0 Å². The summed E-state index contributed by atoms with van der Waals surface area (Å²) in [4.78, 5) is 10.6. The van der Waals surface area contributed by atoms with Crippen molar-refractivity contribution >= 4 is 11.4 Å². The maximum atomic E-state index is 10.9. The molecule has 4 nitrogen and oxygen atoms in total. The number of rotatable bonds is 4. The van der Waals surface area contributed by atoms with Crippen molar-refractivity contribution in [1.29, 1.82) is 0 Å². The summed E-state index contributed by atoms with van der Waals surface area (Å²) in [5.41, 5.74) is 4.32. The average Bonchev–Trinajstić information content (AvgIpc) is 2.38. The zero-order valence-corrected chi connectivity index (χ0v) is 13.3. The van der Waals surface area contributed by atoms with Crippen molar-refractivity contribution in [3.63, 3.8) is 0 Å². The Hall–Kier alpha value is -1.84. The van der Waals surface area contributed by atoms with Gasteiger partial charge in [-0.2, -0.15) is 0 Å². The fourth-order valence-electron chi connectivity index (χ4n) is 3.28. The molecule has 0 aromatic heterocycles. The van der Waals surface area contributed by atoms with E-state index in [-0.39, 0.29) is 10.6 Å². The fraction of sp³-hybridized carbons (Fsp3) is 0.529. The number of hydrogen-bond acceptors (Lipinski definition) is 3. The number of nitrogens with one attached hydrogen (secondary N) is 1. The molecule has 0 aliphatic heterocycles. The number of nitrogens with zero attached hydrogens (tertiary/aromatic N) is 1. The van der Waals surface area contributed by atoms with E-state index in [4.69, 9.17) is 0 Å². The summed E-state index contributed by atoms with van der Waals surface area (Å²) in [6.07, 6.45) is 4.70. The molecular formula is C17H24N2O2. The molecule has 0 bridgehead atoms. The third-order valence-electron chi connectivity index (χ3n) is 4.21. The first-order valence-corrected chi connectivity index (χ1v) is 7.53. The summed E-state index contributed by atoms with van der Waals surface area (Å²) < 4.78 is 0. The topological polar surface area (TPSA) is 55.2 Å². The first-order valence-electron chi connectivity index (χ1n) is 7.53. The molecule has 21 heavy (non-hydrogen) atoms. The van der Waals surface area contributed by atoms with Crippen LogP contribution in [0, 0.1) is 35.8 Å². The van der Waals surface area contributed by atoms with Gasteiger partial charge in [-0.1, -0.05) is 18.6 Å². The van der Waals surface area contributed by atoms with E-state index in [2.05, 4.69) is 25.2 Å². The molecule has 0 saturated heterocycles. The molecule has 1 N–H and O–H groups in total. The van der Waals surface area contributed by atoms with E-state index in [1.807, 2.05) is 13.0 Å². The third-order valence-corrected chi connectivity index (χ3v) is 4.21. The van der Waals surface area contributed by atoms with Crippen LogP contribution >= 0.6 is 0 Å². The van der Waals surface area contributed by atoms with Crippen LogP contribution in [0.5, 0.6) is 0 Å². The highest BCUT2D eigenvalue weighted by Crippen LogP contribution is 2.30. The van der Waals surface area contributed by atoms with Gasteiger partial charge in [0.1, 0.15) is 0 Å². The third kappa shape index (κ3) is 3.84. The SMILES string of the molecule is CC1=CC(C)CC(CNc2cc(C)c([N+](=O)[O-])cc2C)C1. The zero-order chi connectivity index (χ0) is 15.6. The fourth-order valence-corrected chi connectivity index (χ4v) is 3.28. The predicted molar refractivity (Wildman–Crippen MR) is 86.7 cm³/mol. The molecule has 0 radical (unpaired) electrons. The molecule has 2 rings (SSSR count). The van der Waals surface area contributed by atoms with Crippen LogP contribution < -0.4 is 5.32 Å². The predicted octanol–water partition coefficient (Wildman–Crippen LogP) is 4.62. The number of benzene rings is 1. The van der Waals surface area contributed by atoms with E-state index < -0.39 is 0 Å². The highest BCUT2D eigenvalue weighted by atomic mass is 16.6. The quantitative estimate of drug-likeness (QED) is 0.500. The summed E-state index contributed by atoms with van der Waals surface area (Å²) in [5, 5.41) is 14.4. The number of nitro benzene ring substituents is 1. The van der Waals surface area contributed by atoms with Gasteiger partial charge in [0.05, 0.1) is 4.92 Å². The highest BCUT2D eigenvalue weighted by molar-refractivity contribution is 5.59. The Labute approximate surface area is 126 Å². The first kappa shape index (κ1) is 15.5. The van der Waals surface area contributed by atoms with E-state index in [0.717, 1.165) is 24.2 Å². The molecular weight excluding hydrogens is 264 g/mol. The van der Waals surface area contributed by atoms with Crippen molar-refractivity contribution in [3.8, 4) is 0 Å². The average molecular weight is 288 g/mol. The van der Waals surface area contributed by atoms with Gasteiger partial charge < -0.3 is 5.32 Å². The van der Waals surface area contributed by atoms with Crippen LogP contribution in [0.25, 0.3) is 0 Å². The van der Waals surface area contributed by atoms with Gasteiger partial charge in [-0.3, -0.25) is 10.1 Å². The van der Waals surface area contributed by atoms with Crippen LogP contribution in [0.15, 0.2) is 23.8 Å². The maximum Gasteiger partial charge on any atom is 0.272 e. The van der Waals surface area contributed by atoms with E-state index in [0.29, 0.717) is 17.4 Å². The molecule has 0 fully saturated rings. The molecule has 0 spiro atoms.